The van der Waals surface area contributed by atoms with E-state index in [1.54, 1.807) is 26.4 Å². The molecule has 1 atom stereocenters. The van der Waals surface area contributed by atoms with Crippen LogP contribution in [0.25, 0.3) is 0 Å². The van der Waals surface area contributed by atoms with Gasteiger partial charge in [-0.1, -0.05) is 12.1 Å². The van der Waals surface area contributed by atoms with Crippen LogP contribution in [0.15, 0.2) is 24.3 Å². The van der Waals surface area contributed by atoms with E-state index < -0.39 is 6.29 Å². The summed E-state index contributed by atoms with van der Waals surface area (Å²) < 4.78 is 15.0. The minimum absolute atomic E-state index is 0.106. The van der Waals surface area contributed by atoms with Gasteiger partial charge in [-0.25, -0.2) is 4.79 Å². The molecule has 0 aromatic heterocycles. The summed E-state index contributed by atoms with van der Waals surface area (Å²) in [5.41, 5.74) is 1.17. The fourth-order valence-electron chi connectivity index (χ4n) is 1.71. The van der Waals surface area contributed by atoms with Crippen LogP contribution in [0.4, 0.5) is 5.69 Å². The topological polar surface area (TPSA) is 56.8 Å². The van der Waals surface area contributed by atoms with Crippen LogP contribution in [0.1, 0.15) is 17.3 Å². The molecule has 0 spiro atoms. The van der Waals surface area contributed by atoms with Crippen LogP contribution in [0.3, 0.4) is 0 Å². The van der Waals surface area contributed by atoms with E-state index in [0.29, 0.717) is 11.3 Å². The van der Waals surface area contributed by atoms with E-state index in [0.717, 1.165) is 0 Å². The fourth-order valence-corrected chi connectivity index (χ4v) is 1.71. The number of ether oxygens (including phenoxy) is 3. The molecule has 0 aliphatic carbocycles. The van der Waals surface area contributed by atoms with E-state index in [2.05, 4.69) is 5.32 Å². The molecule has 0 fully saturated rings. The van der Waals surface area contributed by atoms with Crippen LogP contribution in [0.5, 0.6) is 0 Å². The summed E-state index contributed by atoms with van der Waals surface area (Å²) in [4.78, 5) is 11.6. The van der Waals surface area contributed by atoms with Gasteiger partial charge in [0.25, 0.3) is 0 Å². The third-order valence-electron chi connectivity index (χ3n) is 2.59. The quantitative estimate of drug-likeness (QED) is 0.619. The first-order valence-electron chi connectivity index (χ1n) is 5.63. The van der Waals surface area contributed by atoms with E-state index in [4.69, 9.17) is 14.2 Å². The maximum absolute atomic E-state index is 11.6. The van der Waals surface area contributed by atoms with Gasteiger partial charge in [0.1, 0.15) is 0 Å². The highest BCUT2D eigenvalue weighted by Gasteiger charge is 2.18. The van der Waals surface area contributed by atoms with Gasteiger partial charge in [0.15, 0.2) is 6.29 Å². The molecule has 1 N–H and O–H groups in total. The summed E-state index contributed by atoms with van der Waals surface area (Å²) in [6, 6.07) is 7.04. The summed E-state index contributed by atoms with van der Waals surface area (Å²) in [6.45, 7) is 1.91. The van der Waals surface area contributed by atoms with Crippen LogP contribution in [0, 0.1) is 0 Å². The largest absolute Gasteiger partial charge is 0.465 e. The average Bonchev–Trinajstić information content (AvgIpc) is 2.40. The lowest BCUT2D eigenvalue weighted by Crippen LogP contribution is -2.34. The van der Waals surface area contributed by atoms with Crippen molar-refractivity contribution < 1.29 is 19.0 Å². The van der Waals surface area contributed by atoms with Gasteiger partial charge in [-0.2, -0.15) is 0 Å². The van der Waals surface area contributed by atoms with Crippen LogP contribution in [-0.4, -0.2) is 39.6 Å². The van der Waals surface area contributed by atoms with Gasteiger partial charge >= 0.3 is 5.97 Å². The van der Waals surface area contributed by atoms with Crippen LogP contribution in [-0.2, 0) is 14.2 Å². The Kier molecular flexibility index (Phi) is 5.61. The number of hydrogen-bond donors (Lipinski definition) is 1. The van der Waals surface area contributed by atoms with Crippen LogP contribution < -0.4 is 5.32 Å². The van der Waals surface area contributed by atoms with Crippen molar-refractivity contribution in [1.29, 1.82) is 0 Å². The van der Waals surface area contributed by atoms with Crippen molar-refractivity contribution in [2.75, 3.05) is 26.6 Å². The number of carbonyl (C=O) groups excluding carboxylic acids is 1. The van der Waals surface area contributed by atoms with Gasteiger partial charge < -0.3 is 19.5 Å². The zero-order valence-electron chi connectivity index (χ0n) is 11.1. The number of benzene rings is 1. The Bertz CT molecular complexity index is 390. The Labute approximate surface area is 107 Å². The van der Waals surface area contributed by atoms with Crippen LogP contribution in [0.2, 0.25) is 0 Å². The SMILES string of the molecule is COC(=O)c1ccccc1NC(C)C(OC)OC. The molecule has 0 radical (unpaired) electrons. The summed E-state index contributed by atoms with van der Waals surface area (Å²) in [7, 11) is 4.49. The second kappa shape index (κ2) is 6.98. The molecule has 0 aliphatic rings. The van der Waals surface area contributed by atoms with Crippen molar-refractivity contribution in [3.63, 3.8) is 0 Å². The number of esters is 1. The van der Waals surface area contributed by atoms with Gasteiger partial charge in [-0.3, -0.25) is 0 Å². The first-order chi connectivity index (χ1) is 8.63. The Hall–Kier alpha value is -1.59. The predicted molar refractivity (Wildman–Crippen MR) is 68.7 cm³/mol. The molecule has 18 heavy (non-hydrogen) atoms. The summed E-state index contributed by atoms with van der Waals surface area (Å²) >= 11 is 0. The maximum atomic E-state index is 11.6. The molecule has 0 amide bonds. The highest BCUT2D eigenvalue weighted by Crippen LogP contribution is 2.18. The molecule has 0 saturated heterocycles. The Balaban J connectivity index is 2.87. The normalized spacial score (nSPS) is 12.3. The fraction of sp³-hybridized carbons (Fsp3) is 0.462. The van der Waals surface area contributed by atoms with Crippen molar-refractivity contribution in [3.05, 3.63) is 29.8 Å². The minimum Gasteiger partial charge on any atom is -0.465 e. The molecular formula is C13H19NO4. The molecule has 1 unspecified atom stereocenters. The maximum Gasteiger partial charge on any atom is 0.339 e. The molecule has 5 heteroatoms. The smallest absolute Gasteiger partial charge is 0.339 e. The highest BCUT2D eigenvalue weighted by atomic mass is 16.7. The van der Waals surface area contributed by atoms with E-state index in [9.17, 15) is 4.79 Å². The number of nitrogens with one attached hydrogen (secondary N) is 1. The van der Waals surface area contributed by atoms with Gasteiger partial charge in [-0.15, -0.1) is 0 Å². The molecule has 0 heterocycles. The van der Waals surface area contributed by atoms with Crippen molar-refractivity contribution in [3.8, 4) is 0 Å². The van der Waals surface area contributed by atoms with E-state index in [1.165, 1.54) is 7.11 Å². The highest BCUT2D eigenvalue weighted by molar-refractivity contribution is 5.95. The molecule has 1 aromatic carbocycles. The Morgan fingerprint density at radius 3 is 2.33 bits per heavy atom. The molecular weight excluding hydrogens is 234 g/mol. The number of methoxy groups -OCH3 is 3. The van der Waals surface area contributed by atoms with Crippen molar-refractivity contribution in [1.82, 2.24) is 0 Å². The zero-order chi connectivity index (χ0) is 13.5. The third-order valence-corrected chi connectivity index (χ3v) is 2.59. The lowest BCUT2D eigenvalue weighted by atomic mass is 10.1. The predicted octanol–water partition coefficient (Wildman–Crippen LogP) is 1.89. The number of hydrogen-bond acceptors (Lipinski definition) is 5. The van der Waals surface area contributed by atoms with Crippen molar-refractivity contribution in [2.24, 2.45) is 0 Å². The Morgan fingerprint density at radius 2 is 1.78 bits per heavy atom. The lowest BCUT2D eigenvalue weighted by Gasteiger charge is -2.23. The first-order valence-corrected chi connectivity index (χ1v) is 5.63. The number of anilines is 1. The molecule has 0 aliphatic heterocycles. The van der Waals surface area contributed by atoms with E-state index in [1.807, 2.05) is 19.1 Å². The zero-order valence-corrected chi connectivity index (χ0v) is 11.1. The third kappa shape index (κ3) is 3.45. The average molecular weight is 253 g/mol. The van der Waals surface area contributed by atoms with Gasteiger partial charge in [-0.05, 0) is 19.1 Å². The standard InChI is InChI=1S/C13H19NO4/c1-9(13(17-3)18-4)14-11-8-6-5-7-10(11)12(15)16-2/h5-9,13-14H,1-4H3. The van der Waals surface area contributed by atoms with Crippen molar-refractivity contribution in [2.45, 2.75) is 19.3 Å². The first kappa shape index (κ1) is 14.5. The van der Waals surface area contributed by atoms with Gasteiger partial charge in [0, 0.05) is 19.9 Å². The molecule has 100 valence electrons. The van der Waals surface area contributed by atoms with E-state index >= 15 is 0 Å². The second-order valence-corrected chi connectivity index (χ2v) is 3.81. The number of rotatable bonds is 6. The molecule has 0 bridgehead atoms. The van der Waals surface area contributed by atoms with Gasteiger partial charge in [0.2, 0.25) is 0 Å². The second-order valence-electron chi connectivity index (χ2n) is 3.81. The molecule has 1 aromatic rings. The summed E-state index contributed by atoms with van der Waals surface area (Å²) in [5, 5.41) is 3.18. The summed E-state index contributed by atoms with van der Waals surface area (Å²) in [5.74, 6) is -0.378. The van der Waals surface area contributed by atoms with Crippen molar-refractivity contribution >= 4 is 11.7 Å². The monoisotopic (exact) mass is 253 g/mol. The lowest BCUT2D eigenvalue weighted by molar-refractivity contribution is -0.109. The summed E-state index contributed by atoms with van der Waals surface area (Å²) in [6.07, 6.45) is -0.393. The van der Waals surface area contributed by atoms with E-state index in [-0.39, 0.29) is 12.0 Å². The number of para-hydroxylation sites is 1. The van der Waals surface area contributed by atoms with Gasteiger partial charge in [0.05, 0.1) is 18.7 Å². The van der Waals surface area contributed by atoms with Crippen LogP contribution >= 0.6 is 0 Å². The molecule has 1 rings (SSSR count). The minimum atomic E-state index is -0.393. The number of carbonyl (C=O) groups is 1. The molecule has 0 saturated carbocycles. The Morgan fingerprint density at radius 1 is 1.17 bits per heavy atom. The molecule has 5 nitrogen and oxygen atoms in total.